The standard InChI is InChI=1S/C21H22F6N4O/c1-30(13-14-2-4-15(5-3-14)20(22,23)24)19(32)29-17-8-10-31(11-9-17)18-7-6-16(12-28-18)21(25,26)27/h2-7,12,17H,8-11,13H2,1H3,(H,29,32). The maximum Gasteiger partial charge on any atom is 0.417 e. The molecule has 1 aromatic heterocycles. The first-order valence-corrected chi connectivity index (χ1v) is 9.89. The summed E-state index contributed by atoms with van der Waals surface area (Å²) in [7, 11) is 1.55. The normalized spacial score (nSPS) is 15.5. The van der Waals surface area contributed by atoms with E-state index < -0.39 is 23.5 Å². The number of piperidine rings is 1. The molecule has 0 spiro atoms. The molecule has 32 heavy (non-hydrogen) atoms. The number of halogens is 6. The van der Waals surface area contributed by atoms with Gasteiger partial charge < -0.3 is 15.1 Å². The van der Waals surface area contributed by atoms with E-state index in [0.717, 1.165) is 24.4 Å². The first-order valence-electron chi connectivity index (χ1n) is 9.89. The van der Waals surface area contributed by atoms with Crippen molar-refractivity contribution in [2.45, 2.75) is 37.8 Å². The number of rotatable bonds is 4. The summed E-state index contributed by atoms with van der Waals surface area (Å²) in [6, 6.07) is 6.48. The van der Waals surface area contributed by atoms with Crippen LogP contribution in [0.4, 0.5) is 37.0 Å². The van der Waals surface area contributed by atoms with Crippen LogP contribution in [0.25, 0.3) is 0 Å². The van der Waals surface area contributed by atoms with Crippen LogP contribution in [0.3, 0.4) is 0 Å². The number of hydrogen-bond donors (Lipinski definition) is 1. The lowest BCUT2D eigenvalue weighted by atomic mass is 10.1. The summed E-state index contributed by atoms with van der Waals surface area (Å²) in [5.41, 5.74) is -0.985. The molecule has 1 aliphatic heterocycles. The highest BCUT2D eigenvalue weighted by atomic mass is 19.4. The molecule has 0 radical (unpaired) electrons. The molecule has 174 valence electrons. The van der Waals surface area contributed by atoms with Gasteiger partial charge in [-0.1, -0.05) is 12.1 Å². The number of anilines is 1. The fourth-order valence-electron chi connectivity index (χ4n) is 3.42. The minimum absolute atomic E-state index is 0.122. The van der Waals surface area contributed by atoms with Crippen LogP contribution in [0.1, 0.15) is 29.5 Å². The Morgan fingerprint density at radius 2 is 1.56 bits per heavy atom. The summed E-state index contributed by atoms with van der Waals surface area (Å²) >= 11 is 0. The van der Waals surface area contributed by atoms with Gasteiger partial charge in [-0.15, -0.1) is 0 Å². The minimum atomic E-state index is -4.44. The van der Waals surface area contributed by atoms with Crippen LogP contribution in [0, 0.1) is 0 Å². The van der Waals surface area contributed by atoms with Crippen molar-refractivity contribution in [1.29, 1.82) is 0 Å². The van der Waals surface area contributed by atoms with Gasteiger partial charge >= 0.3 is 18.4 Å². The molecule has 0 atom stereocenters. The highest BCUT2D eigenvalue weighted by molar-refractivity contribution is 5.74. The van der Waals surface area contributed by atoms with Gasteiger partial charge in [-0.3, -0.25) is 0 Å². The molecule has 2 amide bonds. The van der Waals surface area contributed by atoms with Crippen molar-refractivity contribution >= 4 is 11.8 Å². The molecule has 0 aliphatic carbocycles. The van der Waals surface area contributed by atoms with Crippen LogP contribution >= 0.6 is 0 Å². The smallest absolute Gasteiger partial charge is 0.356 e. The van der Waals surface area contributed by atoms with Crippen LogP contribution in [-0.2, 0) is 18.9 Å². The lowest BCUT2D eigenvalue weighted by Gasteiger charge is -2.34. The number of nitrogens with zero attached hydrogens (tertiary/aromatic N) is 3. The minimum Gasteiger partial charge on any atom is -0.356 e. The van der Waals surface area contributed by atoms with Crippen LogP contribution in [0.2, 0.25) is 0 Å². The van der Waals surface area contributed by atoms with Crippen molar-refractivity contribution in [1.82, 2.24) is 15.2 Å². The lowest BCUT2D eigenvalue weighted by Crippen LogP contribution is -2.48. The van der Waals surface area contributed by atoms with Gasteiger partial charge in [-0.05, 0) is 42.7 Å². The quantitative estimate of drug-likeness (QED) is 0.659. The second-order valence-electron chi connectivity index (χ2n) is 7.66. The number of pyridine rings is 1. The van der Waals surface area contributed by atoms with E-state index in [9.17, 15) is 31.1 Å². The van der Waals surface area contributed by atoms with E-state index in [1.54, 1.807) is 7.05 Å². The molecule has 0 unspecified atom stereocenters. The average molecular weight is 460 g/mol. The maximum atomic E-state index is 12.7. The van der Waals surface area contributed by atoms with Gasteiger partial charge in [0.05, 0.1) is 11.1 Å². The number of aromatic nitrogens is 1. The van der Waals surface area contributed by atoms with Crippen molar-refractivity contribution in [2.24, 2.45) is 0 Å². The van der Waals surface area contributed by atoms with Crippen molar-refractivity contribution in [3.63, 3.8) is 0 Å². The Morgan fingerprint density at radius 1 is 1.00 bits per heavy atom. The third-order valence-corrected chi connectivity index (χ3v) is 5.27. The largest absolute Gasteiger partial charge is 0.417 e. The molecule has 1 fully saturated rings. The Kier molecular flexibility index (Phi) is 6.85. The van der Waals surface area contributed by atoms with E-state index in [-0.39, 0.29) is 18.6 Å². The summed E-state index contributed by atoms with van der Waals surface area (Å²) in [5, 5.41) is 2.89. The number of carbonyl (C=O) groups is 1. The summed E-state index contributed by atoms with van der Waals surface area (Å²) in [6.07, 6.45) is -6.87. The summed E-state index contributed by atoms with van der Waals surface area (Å²) in [4.78, 5) is 19.6. The first kappa shape index (κ1) is 23.7. The van der Waals surface area contributed by atoms with Gasteiger partial charge in [0.15, 0.2) is 0 Å². The zero-order valence-electron chi connectivity index (χ0n) is 17.2. The van der Waals surface area contributed by atoms with Crippen LogP contribution in [0.5, 0.6) is 0 Å². The number of amides is 2. The molecule has 0 bridgehead atoms. The fourth-order valence-corrected chi connectivity index (χ4v) is 3.42. The molecule has 1 aliphatic rings. The van der Waals surface area contributed by atoms with Crippen LogP contribution in [-0.4, -0.2) is 42.1 Å². The van der Waals surface area contributed by atoms with E-state index in [1.165, 1.54) is 23.1 Å². The average Bonchev–Trinajstić information content (AvgIpc) is 2.73. The number of urea groups is 1. The van der Waals surface area contributed by atoms with Gasteiger partial charge in [0.1, 0.15) is 5.82 Å². The zero-order chi connectivity index (χ0) is 23.5. The second-order valence-corrected chi connectivity index (χ2v) is 7.66. The third-order valence-electron chi connectivity index (χ3n) is 5.27. The van der Waals surface area contributed by atoms with Crippen LogP contribution < -0.4 is 10.2 Å². The van der Waals surface area contributed by atoms with E-state index in [4.69, 9.17) is 0 Å². The summed E-state index contributed by atoms with van der Waals surface area (Å²) in [6.45, 7) is 1.19. The Balaban J connectivity index is 1.47. The second kappa shape index (κ2) is 9.25. The predicted molar refractivity (Wildman–Crippen MR) is 106 cm³/mol. The SMILES string of the molecule is CN(Cc1ccc(C(F)(F)F)cc1)C(=O)NC1CCN(c2ccc(C(F)(F)F)cn2)CC1. The highest BCUT2D eigenvalue weighted by Crippen LogP contribution is 2.30. The Bertz CT molecular complexity index is 904. The van der Waals surface area contributed by atoms with Gasteiger partial charge in [0.2, 0.25) is 0 Å². The van der Waals surface area contributed by atoms with Gasteiger partial charge in [0, 0.05) is 38.9 Å². The van der Waals surface area contributed by atoms with Gasteiger partial charge in [-0.25, -0.2) is 9.78 Å². The first-order chi connectivity index (χ1) is 14.9. The number of benzene rings is 1. The summed E-state index contributed by atoms with van der Waals surface area (Å²) < 4.78 is 75.9. The Morgan fingerprint density at radius 3 is 2.06 bits per heavy atom. The van der Waals surface area contributed by atoms with Crippen molar-refractivity contribution in [3.8, 4) is 0 Å². The van der Waals surface area contributed by atoms with Crippen molar-refractivity contribution in [2.75, 3.05) is 25.0 Å². The molecule has 2 heterocycles. The summed E-state index contributed by atoms with van der Waals surface area (Å²) in [5.74, 6) is 0.446. The molecule has 2 aromatic rings. The number of carbonyl (C=O) groups excluding carboxylic acids is 1. The van der Waals surface area contributed by atoms with Gasteiger partial charge in [0.25, 0.3) is 0 Å². The Labute approximate surface area is 181 Å². The monoisotopic (exact) mass is 460 g/mol. The number of nitrogens with one attached hydrogen (secondary N) is 1. The molecule has 1 saturated heterocycles. The molecular formula is C21H22F6N4O. The van der Waals surface area contributed by atoms with E-state index >= 15 is 0 Å². The number of hydrogen-bond acceptors (Lipinski definition) is 3. The van der Waals surface area contributed by atoms with Crippen molar-refractivity contribution < 1.29 is 31.1 Å². The number of alkyl halides is 6. The van der Waals surface area contributed by atoms with E-state index in [2.05, 4.69) is 10.3 Å². The van der Waals surface area contributed by atoms with Crippen molar-refractivity contribution in [3.05, 3.63) is 59.3 Å². The molecule has 3 rings (SSSR count). The molecule has 11 heteroatoms. The topological polar surface area (TPSA) is 48.5 Å². The lowest BCUT2D eigenvalue weighted by molar-refractivity contribution is -0.138. The Hall–Kier alpha value is -2.98. The zero-order valence-corrected chi connectivity index (χ0v) is 17.2. The van der Waals surface area contributed by atoms with E-state index in [0.29, 0.717) is 37.3 Å². The van der Waals surface area contributed by atoms with Gasteiger partial charge in [-0.2, -0.15) is 26.3 Å². The molecule has 1 N–H and O–H groups in total. The molecule has 0 saturated carbocycles. The molecular weight excluding hydrogens is 438 g/mol. The third kappa shape index (κ3) is 6.04. The maximum absolute atomic E-state index is 12.7. The fraction of sp³-hybridized carbons (Fsp3) is 0.429. The molecule has 5 nitrogen and oxygen atoms in total. The molecule has 1 aromatic carbocycles. The van der Waals surface area contributed by atoms with Crippen LogP contribution in [0.15, 0.2) is 42.6 Å². The predicted octanol–water partition coefficient (Wildman–Crippen LogP) is 4.93. The van der Waals surface area contributed by atoms with E-state index in [1.807, 2.05) is 4.90 Å². The highest BCUT2D eigenvalue weighted by Gasteiger charge is 2.31.